The molecule has 1 saturated carbocycles. The van der Waals surface area contributed by atoms with Crippen LogP contribution in [-0.2, 0) is 9.47 Å². The molecule has 1 aromatic rings. The van der Waals surface area contributed by atoms with Gasteiger partial charge in [0.05, 0.1) is 38.3 Å². The second-order valence-electron chi connectivity index (χ2n) is 8.09. The molecule has 1 N–H and O–H groups in total. The van der Waals surface area contributed by atoms with Crippen molar-refractivity contribution in [2.45, 2.75) is 37.5 Å². The van der Waals surface area contributed by atoms with Crippen molar-refractivity contribution in [1.82, 2.24) is 19.8 Å². The molecule has 1 aliphatic carbocycles. The van der Waals surface area contributed by atoms with E-state index in [0.717, 1.165) is 32.0 Å². The van der Waals surface area contributed by atoms with Gasteiger partial charge in [-0.25, -0.2) is 4.98 Å². The molecule has 3 saturated heterocycles. The van der Waals surface area contributed by atoms with Crippen molar-refractivity contribution in [2.24, 2.45) is 5.92 Å². The number of nitrogens with zero attached hydrogens (tertiary/aromatic N) is 4. The lowest BCUT2D eigenvalue weighted by molar-refractivity contribution is -0.0581. The maximum Gasteiger partial charge on any atom is 0.274 e. The fraction of sp³-hybridized carbons (Fsp3) is 0.737. The Hall–Kier alpha value is -1.77. The van der Waals surface area contributed by atoms with E-state index < -0.39 is 0 Å². The highest BCUT2D eigenvalue weighted by Gasteiger charge is 2.42. The van der Waals surface area contributed by atoms with Crippen molar-refractivity contribution in [3.8, 4) is 0 Å². The molecule has 4 fully saturated rings. The van der Waals surface area contributed by atoms with Crippen LogP contribution in [0.25, 0.3) is 0 Å². The highest BCUT2D eigenvalue weighted by Crippen LogP contribution is 2.38. The van der Waals surface area contributed by atoms with Gasteiger partial charge in [-0.05, 0) is 25.2 Å². The summed E-state index contributed by atoms with van der Waals surface area (Å²) in [6.07, 6.45) is 7.37. The van der Waals surface area contributed by atoms with Crippen molar-refractivity contribution in [3.05, 3.63) is 18.1 Å². The van der Waals surface area contributed by atoms with Crippen LogP contribution in [0.15, 0.2) is 12.4 Å². The number of carbonyl (C=O) groups is 1. The van der Waals surface area contributed by atoms with Gasteiger partial charge in [0.25, 0.3) is 5.91 Å². The van der Waals surface area contributed by atoms with Gasteiger partial charge in [-0.3, -0.25) is 14.7 Å². The molecule has 3 aliphatic heterocycles. The van der Waals surface area contributed by atoms with Crippen LogP contribution in [0.4, 0.5) is 5.82 Å². The monoisotopic (exact) mass is 373 g/mol. The van der Waals surface area contributed by atoms with Crippen LogP contribution >= 0.6 is 0 Å². The molecule has 0 aromatic carbocycles. The first-order valence-electron chi connectivity index (χ1n) is 10.1. The number of carbonyl (C=O) groups excluding carboxylic acids is 1. The van der Waals surface area contributed by atoms with E-state index in [1.807, 2.05) is 0 Å². The van der Waals surface area contributed by atoms with Gasteiger partial charge in [0.15, 0.2) is 0 Å². The first kappa shape index (κ1) is 17.3. The van der Waals surface area contributed by atoms with Gasteiger partial charge >= 0.3 is 0 Å². The summed E-state index contributed by atoms with van der Waals surface area (Å²) in [5, 5.41) is 3.49. The van der Waals surface area contributed by atoms with Crippen molar-refractivity contribution >= 4 is 11.7 Å². The number of nitrogens with one attached hydrogen (secondary N) is 1. The molecule has 5 rings (SSSR count). The minimum atomic E-state index is -0.0704. The lowest BCUT2D eigenvalue weighted by Crippen LogP contribution is -2.47. The molecule has 0 spiro atoms. The Morgan fingerprint density at radius 1 is 1.19 bits per heavy atom. The summed E-state index contributed by atoms with van der Waals surface area (Å²) in [6.45, 7) is 5.27. The number of amides is 1. The number of hydrogen-bond acceptors (Lipinski definition) is 7. The maximum absolute atomic E-state index is 12.6. The lowest BCUT2D eigenvalue weighted by atomic mass is 10.1. The summed E-state index contributed by atoms with van der Waals surface area (Å²) in [5.41, 5.74) is 0.398. The fourth-order valence-corrected chi connectivity index (χ4v) is 4.43. The second-order valence-corrected chi connectivity index (χ2v) is 8.09. The molecule has 27 heavy (non-hydrogen) atoms. The third-order valence-electron chi connectivity index (χ3n) is 6.10. The molecule has 0 bridgehead atoms. The van der Waals surface area contributed by atoms with Gasteiger partial charge in [-0.15, -0.1) is 0 Å². The number of rotatable bonds is 4. The van der Waals surface area contributed by atoms with E-state index in [-0.39, 0.29) is 5.91 Å². The van der Waals surface area contributed by atoms with Gasteiger partial charge in [-0.1, -0.05) is 0 Å². The highest BCUT2D eigenvalue weighted by molar-refractivity contribution is 5.92. The zero-order chi connectivity index (χ0) is 18.2. The van der Waals surface area contributed by atoms with Crippen LogP contribution in [0.1, 0.15) is 29.8 Å². The minimum Gasteiger partial charge on any atom is -0.378 e. The maximum atomic E-state index is 12.6. The van der Waals surface area contributed by atoms with Gasteiger partial charge in [-0.2, -0.15) is 0 Å². The molecule has 8 heteroatoms. The van der Waals surface area contributed by atoms with Crippen molar-refractivity contribution in [1.29, 1.82) is 0 Å². The normalized spacial score (nSPS) is 31.6. The molecule has 0 radical (unpaired) electrons. The number of fused-ring (bicyclic) bond motifs is 1. The minimum absolute atomic E-state index is 0.0704. The smallest absolute Gasteiger partial charge is 0.274 e. The van der Waals surface area contributed by atoms with Crippen molar-refractivity contribution in [3.63, 3.8) is 0 Å². The van der Waals surface area contributed by atoms with E-state index in [9.17, 15) is 4.79 Å². The Bertz CT molecular complexity index is 692. The summed E-state index contributed by atoms with van der Waals surface area (Å²) < 4.78 is 11.4. The largest absolute Gasteiger partial charge is 0.378 e. The van der Waals surface area contributed by atoms with Gasteiger partial charge < -0.3 is 19.7 Å². The zero-order valence-corrected chi connectivity index (χ0v) is 15.5. The molecule has 3 atom stereocenters. The average Bonchev–Trinajstić information content (AvgIpc) is 3.48. The average molecular weight is 373 g/mol. The standard InChI is InChI=1S/C19H27N5O3/c25-19(23-3-5-26-6-4-23)16-8-20-9-18(22-16)21-14-7-15-12-27-17(13-1-2-13)11-24(15)10-14/h8-9,13-15,17H,1-7,10-12H2,(H,21,22)/t14-,15+,17+/m1/s1. The van der Waals surface area contributed by atoms with E-state index in [2.05, 4.69) is 20.2 Å². The molecule has 4 heterocycles. The fourth-order valence-electron chi connectivity index (χ4n) is 4.43. The lowest BCUT2D eigenvalue weighted by Gasteiger charge is -2.35. The third-order valence-corrected chi connectivity index (χ3v) is 6.10. The number of hydrogen-bond donors (Lipinski definition) is 1. The van der Waals surface area contributed by atoms with Gasteiger partial charge in [0.1, 0.15) is 11.5 Å². The third kappa shape index (κ3) is 3.79. The van der Waals surface area contributed by atoms with E-state index in [1.54, 1.807) is 17.3 Å². The molecular weight excluding hydrogens is 346 g/mol. The summed E-state index contributed by atoms with van der Waals surface area (Å²) in [7, 11) is 0. The first-order chi connectivity index (χ1) is 13.3. The Labute approximate surface area is 159 Å². The Morgan fingerprint density at radius 2 is 2.04 bits per heavy atom. The number of morpholine rings is 2. The second kappa shape index (κ2) is 7.33. The van der Waals surface area contributed by atoms with Gasteiger partial charge in [0, 0.05) is 38.3 Å². The molecule has 1 aromatic heterocycles. The molecule has 8 nitrogen and oxygen atoms in total. The van der Waals surface area contributed by atoms with E-state index in [1.165, 1.54) is 12.8 Å². The number of anilines is 1. The molecular formula is C19H27N5O3. The quantitative estimate of drug-likeness (QED) is 0.828. The predicted molar refractivity (Wildman–Crippen MR) is 98.6 cm³/mol. The predicted octanol–water partition coefficient (Wildman–Crippen LogP) is 0.613. The summed E-state index contributed by atoms with van der Waals surface area (Å²) in [6, 6.07) is 0.809. The zero-order valence-electron chi connectivity index (χ0n) is 15.5. The van der Waals surface area contributed by atoms with Crippen LogP contribution in [0, 0.1) is 5.92 Å². The Balaban J connectivity index is 1.20. The van der Waals surface area contributed by atoms with E-state index >= 15 is 0 Å². The Morgan fingerprint density at radius 3 is 2.85 bits per heavy atom. The van der Waals surface area contributed by atoms with Crippen LogP contribution < -0.4 is 5.32 Å². The van der Waals surface area contributed by atoms with E-state index in [0.29, 0.717) is 56.0 Å². The van der Waals surface area contributed by atoms with Crippen LogP contribution in [0.2, 0.25) is 0 Å². The molecule has 4 aliphatic rings. The van der Waals surface area contributed by atoms with Gasteiger partial charge in [0.2, 0.25) is 0 Å². The van der Waals surface area contributed by atoms with Crippen molar-refractivity contribution < 1.29 is 14.3 Å². The Kier molecular flexibility index (Phi) is 4.71. The van der Waals surface area contributed by atoms with Crippen molar-refractivity contribution in [2.75, 3.05) is 51.3 Å². The number of aromatic nitrogens is 2. The first-order valence-corrected chi connectivity index (χ1v) is 10.1. The summed E-state index contributed by atoms with van der Waals surface area (Å²) in [5.74, 6) is 1.39. The SMILES string of the molecule is O=C(c1cncc(N[C@@H]2C[C@H]3CO[C@H](C4CC4)CN3C2)n1)N1CCOCC1. The van der Waals surface area contributed by atoms with E-state index in [4.69, 9.17) is 9.47 Å². The summed E-state index contributed by atoms with van der Waals surface area (Å²) in [4.78, 5) is 25.7. The molecule has 146 valence electrons. The molecule has 1 amide bonds. The summed E-state index contributed by atoms with van der Waals surface area (Å²) >= 11 is 0. The van der Waals surface area contributed by atoms with Crippen LogP contribution in [0.3, 0.4) is 0 Å². The molecule has 0 unspecified atom stereocenters. The van der Waals surface area contributed by atoms with Crippen LogP contribution in [-0.4, -0.2) is 89.9 Å². The van der Waals surface area contributed by atoms with Crippen LogP contribution in [0.5, 0.6) is 0 Å². The topological polar surface area (TPSA) is 79.8 Å². The number of ether oxygens (including phenoxy) is 2. The highest BCUT2D eigenvalue weighted by atomic mass is 16.5.